The molecule has 1 atom stereocenters. The van der Waals surface area contributed by atoms with E-state index >= 15 is 0 Å². The minimum atomic E-state index is -4.28. The van der Waals surface area contributed by atoms with Crippen molar-refractivity contribution >= 4 is 7.60 Å². The molecule has 0 saturated heterocycles. The second kappa shape index (κ2) is 6.88. The second-order valence-corrected chi connectivity index (χ2v) is 3.81. The van der Waals surface area contributed by atoms with Gasteiger partial charge >= 0.3 is 51.4 Å². The van der Waals surface area contributed by atoms with Gasteiger partial charge in [-0.1, -0.05) is 30.3 Å². The smallest absolute Gasteiger partial charge is 0.767 e. The molecule has 1 aromatic carbocycles. The van der Waals surface area contributed by atoms with Gasteiger partial charge in [0.15, 0.2) is 0 Å². The molecule has 6 heteroatoms. The summed E-state index contributed by atoms with van der Waals surface area (Å²) in [6.45, 7) is -0.0881. The van der Waals surface area contributed by atoms with E-state index in [-0.39, 0.29) is 58.0 Å². The predicted molar refractivity (Wildman–Crippen MR) is 44.5 cm³/mol. The van der Waals surface area contributed by atoms with Crippen LogP contribution in [-0.4, -0.2) is 0 Å². The largest absolute Gasteiger partial charge is 1.00 e. The average Bonchev–Trinajstić information content (AvgIpc) is 2.17. The SMILES string of the molecule is N#CP(=O)([O-])OCc1ccccc1.[K+]. The quantitative estimate of drug-likeness (QED) is 0.459. The van der Waals surface area contributed by atoms with Crippen molar-refractivity contribution in [3.05, 3.63) is 35.9 Å². The molecule has 0 fully saturated rings. The van der Waals surface area contributed by atoms with Crippen LogP contribution in [0, 0.1) is 11.1 Å². The molecule has 1 rings (SSSR count). The van der Waals surface area contributed by atoms with Crippen LogP contribution >= 0.6 is 7.60 Å². The Bertz CT molecular complexity index is 363. The molecule has 4 nitrogen and oxygen atoms in total. The first kappa shape index (κ1) is 14.5. The van der Waals surface area contributed by atoms with Gasteiger partial charge in [-0.2, -0.15) is 5.26 Å². The molecule has 1 aromatic rings. The van der Waals surface area contributed by atoms with Crippen LogP contribution in [0.2, 0.25) is 0 Å². The van der Waals surface area contributed by atoms with Crippen LogP contribution in [0.25, 0.3) is 0 Å². The maximum atomic E-state index is 10.6. The van der Waals surface area contributed by atoms with Crippen molar-refractivity contribution in [2.45, 2.75) is 6.61 Å². The van der Waals surface area contributed by atoms with E-state index in [1.54, 1.807) is 24.3 Å². The zero-order valence-corrected chi connectivity index (χ0v) is 11.7. The topological polar surface area (TPSA) is 73.2 Å². The van der Waals surface area contributed by atoms with E-state index in [0.29, 0.717) is 5.56 Å². The Morgan fingerprint density at radius 3 is 2.50 bits per heavy atom. The third-order valence-corrected chi connectivity index (χ3v) is 2.08. The van der Waals surface area contributed by atoms with Crippen molar-refractivity contribution in [3.8, 4) is 5.81 Å². The van der Waals surface area contributed by atoms with Gasteiger partial charge in [0, 0.05) is 0 Å². The fraction of sp³-hybridized carbons (Fsp3) is 0.125. The number of nitrogens with zero attached hydrogens (tertiary/aromatic N) is 1. The van der Waals surface area contributed by atoms with E-state index in [2.05, 4.69) is 4.52 Å². The van der Waals surface area contributed by atoms with Crippen LogP contribution in [-0.2, 0) is 15.7 Å². The van der Waals surface area contributed by atoms with Crippen molar-refractivity contribution < 1.29 is 65.4 Å². The fourth-order valence-electron chi connectivity index (χ4n) is 0.763. The van der Waals surface area contributed by atoms with Gasteiger partial charge in [-0.3, -0.25) is 4.57 Å². The molecule has 0 aliphatic heterocycles. The minimum absolute atomic E-state index is 0. The minimum Gasteiger partial charge on any atom is -0.767 e. The van der Waals surface area contributed by atoms with Crippen LogP contribution in [0.5, 0.6) is 0 Å². The Kier molecular flexibility index (Phi) is 7.13. The summed E-state index contributed by atoms with van der Waals surface area (Å²) >= 11 is 0. The van der Waals surface area contributed by atoms with Gasteiger partial charge in [0.25, 0.3) is 0 Å². The van der Waals surface area contributed by atoms with Crippen LogP contribution in [0.3, 0.4) is 0 Å². The van der Waals surface area contributed by atoms with E-state index in [1.807, 2.05) is 6.07 Å². The molecule has 0 amide bonds. The number of benzene rings is 1. The summed E-state index contributed by atoms with van der Waals surface area (Å²) < 4.78 is 15.0. The predicted octanol–water partition coefficient (Wildman–Crippen LogP) is -1.76. The Hall–Kier alpha value is 0.496. The molecule has 0 saturated carbocycles. The second-order valence-electron chi connectivity index (χ2n) is 2.36. The van der Waals surface area contributed by atoms with Crippen molar-refractivity contribution in [1.82, 2.24) is 0 Å². The maximum Gasteiger partial charge on any atom is 1.00 e. The van der Waals surface area contributed by atoms with Gasteiger partial charge in [0.1, 0.15) is 5.81 Å². The molecule has 68 valence electrons. The summed E-state index contributed by atoms with van der Waals surface area (Å²) in [5.41, 5.74) is 0.717. The zero-order chi connectivity index (χ0) is 9.73. The standard InChI is InChI=1S/C8H8NO3P.K/c9-7-13(10,11)12-6-8-4-2-1-3-5-8;/h1-5H,6H2,(H,10,11);/q;+1/p-1. The maximum absolute atomic E-state index is 10.6. The Balaban J connectivity index is 0.00000169. The average molecular weight is 235 g/mol. The number of hydrogen-bond donors (Lipinski definition) is 0. The molecule has 0 N–H and O–H groups in total. The molecule has 1 unspecified atom stereocenters. The Labute approximate surface area is 125 Å². The fourth-order valence-corrected chi connectivity index (χ4v) is 1.14. The summed E-state index contributed by atoms with van der Waals surface area (Å²) in [5.74, 6) is 1.09. The van der Waals surface area contributed by atoms with Crippen LogP contribution in [0.15, 0.2) is 30.3 Å². The molecular formula is C8H7KNO3P. The van der Waals surface area contributed by atoms with E-state index in [1.165, 1.54) is 0 Å². The van der Waals surface area contributed by atoms with E-state index in [4.69, 9.17) is 5.26 Å². The van der Waals surface area contributed by atoms with Crippen LogP contribution in [0.4, 0.5) is 0 Å². The summed E-state index contributed by atoms with van der Waals surface area (Å²) in [6, 6.07) is 8.78. The van der Waals surface area contributed by atoms with Crippen molar-refractivity contribution in [3.63, 3.8) is 0 Å². The van der Waals surface area contributed by atoms with Crippen molar-refractivity contribution in [2.24, 2.45) is 0 Å². The molecule has 0 radical (unpaired) electrons. The monoisotopic (exact) mass is 235 g/mol. The third-order valence-electron chi connectivity index (χ3n) is 1.37. The molecule has 0 aliphatic rings. The number of hydrogen-bond acceptors (Lipinski definition) is 4. The van der Waals surface area contributed by atoms with E-state index in [0.717, 1.165) is 5.81 Å². The molecular weight excluding hydrogens is 228 g/mol. The van der Waals surface area contributed by atoms with Gasteiger partial charge < -0.3 is 9.42 Å². The van der Waals surface area contributed by atoms with Gasteiger partial charge in [-0.25, -0.2) is 0 Å². The number of rotatable bonds is 3. The summed E-state index contributed by atoms with van der Waals surface area (Å²) in [5, 5.41) is 8.12. The van der Waals surface area contributed by atoms with Gasteiger partial charge in [-0.05, 0) is 5.56 Å². The molecule has 0 bridgehead atoms. The van der Waals surface area contributed by atoms with Crippen molar-refractivity contribution in [1.29, 1.82) is 5.26 Å². The summed E-state index contributed by atoms with van der Waals surface area (Å²) in [6.07, 6.45) is 0. The Morgan fingerprint density at radius 1 is 1.43 bits per heavy atom. The Morgan fingerprint density at radius 2 is 2.00 bits per heavy atom. The van der Waals surface area contributed by atoms with Crippen LogP contribution < -0.4 is 56.3 Å². The molecule has 14 heavy (non-hydrogen) atoms. The summed E-state index contributed by atoms with van der Waals surface area (Å²) in [4.78, 5) is 10.6. The molecule has 0 aliphatic carbocycles. The van der Waals surface area contributed by atoms with Crippen molar-refractivity contribution in [2.75, 3.05) is 0 Å². The van der Waals surface area contributed by atoms with Gasteiger partial charge in [-0.15, -0.1) is 0 Å². The van der Waals surface area contributed by atoms with Gasteiger partial charge in [0.05, 0.1) is 6.61 Å². The first-order valence-electron chi connectivity index (χ1n) is 3.55. The molecule has 0 spiro atoms. The van der Waals surface area contributed by atoms with E-state index < -0.39 is 7.60 Å². The van der Waals surface area contributed by atoms with Crippen LogP contribution in [0.1, 0.15) is 5.56 Å². The first-order valence-corrected chi connectivity index (χ1v) is 5.09. The first-order chi connectivity index (χ1) is 6.14. The number of nitriles is 1. The van der Waals surface area contributed by atoms with Gasteiger partial charge in [0.2, 0.25) is 7.60 Å². The van der Waals surface area contributed by atoms with E-state index in [9.17, 15) is 9.46 Å². The zero-order valence-electron chi connectivity index (χ0n) is 7.71. The third kappa shape index (κ3) is 5.40. The molecule has 0 aromatic heterocycles. The summed E-state index contributed by atoms with van der Waals surface area (Å²) in [7, 11) is -4.28. The molecule has 0 heterocycles. The normalized spacial score (nSPS) is 13.4.